The van der Waals surface area contributed by atoms with Gasteiger partial charge in [0.25, 0.3) is 0 Å². The lowest BCUT2D eigenvalue weighted by molar-refractivity contribution is 0.00578. The molecule has 2 nitrogen and oxygen atoms in total. The molecule has 1 atom stereocenters. The molecule has 2 aliphatic carbocycles. The van der Waals surface area contributed by atoms with Crippen molar-refractivity contribution in [2.45, 2.75) is 44.3 Å². The topological polar surface area (TPSA) is 18.5 Å². The minimum atomic E-state index is -0.404. The lowest BCUT2D eigenvalue weighted by atomic mass is 9.68. The molecule has 0 N–H and O–H groups in total. The van der Waals surface area contributed by atoms with E-state index < -0.39 is 7.12 Å². The molecule has 1 saturated heterocycles. The zero-order valence-corrected chi connectivity index (χ0v) is 22.2. The highest BCUT2D eigenvalue weighted by atomic mass is 16.7. The second-order valence-electron chi connectivity index (χ2n) is 12.0. The molecule has 5 aromatic carbocycles. The van der Waals surface area contributed by atoms with Gasteiger partial charge in [-0.25, -0.2) is 0 Å². The standard InChI is InChI=1S/C35H29BO2/c1-33(2)34(3,4)38-36(37-33)24-17-18-27-25-13-7-9-15-29(25)35(32(27)21-24)30-16-10-8-14-26(30)28-19-22-11-5-6-12-23(22)20-31(28)35/h5-21H,1-4H3/t35-/m0/s1. The van der Waals surface area contributed by atoms with Crippen LogP contribution in [0.5, 0.6) is 0 Å². The van der Waals surface area contributed by atoms with Gasteiger partial charge in [-0.2, -0.15) is 0 Å². The Hall–Kier alpha value is -3.66. The number of benzene rings is 5. The van der Waals surface area contributed by atoms with E-state index in [9.17, 15) is 0 Å². The van der Waals surface area contributed by atoms with E-state index in [1.807, 2.05) is 0 Å². The summed E-state index contributed by atoms with van der Waals surface area (Å²) < 4.78 is 13.0. The Bertz CT molecular complexity index is 1780. The van der Waals surface area contributed by atoms with Crippen molar-refractivity contribution >= 4 is 23.4 Å². The van der Waals surface area contributed by atoms with Crippen molar-refractivity contribution in [2.24, 2.45) is 0 Å². The minimum Gasteiger partial charge on any atom is -0.399 e. The summed E-state index contributed by atoms with van der Waals surface area (Å²) in [5, 5.41) is 2.54. The molecule has 1 spiro atoms. The number of rotatable bonds is 1. The Morgan fingerprint density at radius 1 is 0.474 bits per heavy atom. The van der Waals surface area contributed by atoms with Gasteiger partial charge in [0.2, 0.25) is 0 Å². The van der Waals surface area contributed by atoms with Gasteiger partial charge in [0.05, 0.1) is 16.6 Å². The quantitative estimate of drug-likeness (QED) is 0.221. The van der Waals surface area contributed by atoms with Crippen molar-refractivity contribution in [1.82, 2.24) is 0 Å². The lowest BCUT2D eigenvalue weighted by Crippen LogP contribution is -2.41. The highest BCUT2D eigenvalue weighted by Crippen LogP contribution is 2.63. The first-order valence-electron chi connectivity index (χ1n) is 13.5. The molecule has 3 aliphatic rings. The van der Waals surface area contributed by atoms with E-state index in [4.69, 9.17) is 9.31 Å². The fraction of sp³-hybridized carbons (Fsp3) is 0.200. The van der Waals surface area contributed by atoms with Crippen molar-refractivity contribution in [3.05, 3.63) is 125 Å². The first-order chi connectivity index (χ1) is 18.3. The maximum atomic E-state index is 6.51. The molecule has 1 aliphatic heterocycles. The average Bonchev–Trinajstić information content (AvgIpc) is 3.46. The normalized spacial score (nSPS) is 21.4. The Kier molecular flexibility index (Phi) is 4.26. The van der Waals surface area contributed by atoms with E-state index in [1.165, 1.54) is 55.3 Å². The van der Waals surface area contributed by atoms with E-state index in [0.717, 1.165) is 5.46 Å². The highest BCUT2D eigenvalue weighted by molar-refractivity contribution is 6.62. The molecule has 5 aromatic rings. The van der Waals surface area contributed by atoms with Crippen LogP contribution < -0.4 is 5.46 Å². The largest absolute Gasteiger partial charge is 0.494 e. The van der Waals surface area contributed by atoms with E-state index in [1.54, 1.807) is 0 Å². The zero-order chi connectivity index (χ0) is 25.9. The molecule has 0 bridgehead atoms. The van der Waals surface area contributed by atoms with Crippen LogP contribution in [0.2, 0.25) is 0 Å². The molecule has 0 amide bonds. The summed E-state index contributed by atoms with van der Waals surface area (Å²) in [4.78, 5) is 0. The van der Waals surface area contributed by atoms with Crippen LogP contribution in [0.4, 0.5) is 0 Å². The summed E-state index contributed by atoms with van der Waals surface area (Å²) in [7, 11) is -0.404. The summed E-state index contributed by atoms with van der Waals surface area (Å²) in [5.74, 6) is 0. The zero-order valence-electron chi connectivity index (χ0n) is 22.2. The molecule has 3 heteroatoms. The molecule has 8 rings (SSSR count). The first kappa shape index (κ1) is 22.3. The van der Waals surface area contributed by atoms with Crippen molar-refractivity contribution in [2.75, 3.05) is 0 Å². The number of hydrogen-bond acceptors (Lipinski definition) is 2. The third-order valence-electron chi connectivity index (χ3n) is 9.51. The Morgan fingerprint density at radius 2 is 0.974 bits per heavy atom. The van der Waals surface area contributed by atoms with E-state index in [0.29, 0.717) is 0 Å². The average molecular weight is 492 g/mol. The van der Waals surface area contributed by atoms with Gasteiger partial charge >= 0.3 is 7.12 Å². The predicted octanol–water partition coefficient (Wildman–Crippen LogP) is 7.48. The van der Waals surface area contributed by atoms with Crippen molar-refractivity contribution < 1.29 is 9.31 Å². The van der Waals surface area contributed by atoms with E-state index >= 15 is 0 Å². The third-order valence-corrected chi connectivity index (χ3v) is 9.51. The van der Waals surface area contributed by atoms with Gasteiger partial charge < -0.3 is 9.31 Å². The Morgan fingerprint density at radius 3 is 1.63 bits per heavy atom. The fourth-order valence-corrected chi connectivity index (χ4v) is 6.97. The van der Waals surface area contributed by atoms with Crippen LogP contribution in [0.25, 0.3) is 33.0 Å². The Balaban J connectivity index is 1.45. The molecule has 0 radical (unpaired) electrons. The van der Waals surface area contributed by atoms with Crippen LogP contribution in [0, 0.1) is 0 Å². The highest BCUT2D eigenvalue weighted by Gasteiger charge is 2.54. The maximum Gasteiger partial charge on any atom is 0.494 e. The Labute approximate surface area is 224 Å². The van der Waals surface area contributed by atoms with Crippen LogP contribution in [-0.4, -0.2) is 18.3 Å². The fourth-order valence-electron chi connectivity index (χ4n) is 6.97. The van der Waals surface area contributed by atoms with Crippen molar-refractivity contribution in [1.29, 1.82) is 0 Å². The molecular formula is C35H29BO2. The maximum absolute atomic E-state index is 6.51. The van der Waals surface area contributed by atoms with Crippen molar-refractivity contribution in [3.63, 3.8) is 0 Å². The molecular weight excluding hydrogens is 463 g/mol. The molecule has 1 fully saturated rings. The summed E-state index contributed by atoms with van der Waals surface area (Å²) in [6, 6.07) is 38.3. The van der Waals surface area contributed by atoms with Gasteiger partial charge in [-0.15, -0.1) is 0 Å². The molecule has 1 heterocycles. The first-order valence-corrected chi connectivity index (χ1v) is 13.5. The monoisotopic (exact) mass is 492 g/mol. The van der Waals surface area contributed by atoms with Gasteiger partial charge in [0.15, 0.2) is 0 Å². The number of hydrogen-bond donors (Lipinski definition) is 0. The van der Waals surface area contributed by atoms with Gasteiger partial charge in [0.1, 0.15) is 0 Å². The summed E-state index contributed by atoms with van der Waals surface area (Å²) in [5.41, 5.74) is 10.5. The lowest BCUT2D eigenvalue weighted by Gasteiger charge is -2.32. The van der Waals surface area contributed by atoms with Crippen molar-refractivity contribution in [3.8, 4) is 22.3 Å². The second kappa shape index (κ2) is 7.25. The number of fused-ring (bicyclic) bond motifs is 11. The van der Waals surface area contributed by atoms with Crippen LogP contribution in [0.15, 0.2) is 103 Å². The van der Waals surface area contributed by atoms with Gasteiger partial charge in [0, 0.05) is 0 Å². The van der Waals surface area contributed by atoms with E-state index in [2.05, 4.69) is 131 Å². The SMILES string of the molecule is CC1(C)OB(c2ccc3c(c2)[C@@]2(c4ccccc4-3)c3ccccc3-c3cc4ccccc4cc32)OC1(C)C. The van der Waals surface area contributed by atoms with Gasteiger partial charge in [-0.3, -0.25) is 0 Å². The van der Waals surface area contributed by atoms with Crippen LogP contribution in [0.1, 0.15) is 49.9 Å². The van der Waals surface area contributed by atoms with Crippen LogP contribution in [-0.2, 0) is 14.7 Å². The second-order valence-corrected chi connectivity index (χ2v) is 12.0. The molecule has 0 aromatic heterocycles. The van der Waals surface area contributed by atoms with Crippen LogP contribution in [0.3, 0.4) is 0 Å². The van der Waals surface area contributed by atoms with Gasteiger partial charge in [-0.1, -0.05) is 91.0 Å². The minimum absolute atomic E-state index is 0.386. The van der Waals surface area contributed by atoms with E-state index in [-0.39, 0.29) is 16.6 Å². The summed E-state index contributed by atoms with van der Waals surface area (Å²) in [6.07, 6.45) is 0. The molecule has 38 heavy (non-hydrogen) atoms. The van der Waals surface area contributed by atoms with Gasteiger partial charge in [-0.05, 0) is 101 Å². The smallest absolute Gasteiger partial charge is 0.399 e. The third kappa shape index (κ3) is 2.66. The molecule has 0 unspecified atom stereocenters. The summed E-state index contributed by atoms with van der Waals surface area (Å²) >= 11 is 0. The van der Waals surface area contributed by atoms with Crippen LogP contribution >= 0.6 is 0 Å². The molecule has 0 saturated carbocycles. The predicted molar refractivity (Wildman–Crippen MR) is 156 cm³/mol. The molecule has 184 valence electrons. The summed E-state index contributed by atoms with van der Waals surface area (Å²) in [6.45, 7) is 8.47.